The van der Waals surface area contributed by atoms with Crippen molar-refractivity contribution in [2.24, 2.45) is 0 Å². The van der Waals surface area contributed by atoms with E-state index in [1.54, 1.807) is 11.3 Å². The average molecular weight is 255 g/mol. The molecule has 3 nitrogen and oxygen atoms in total. The SMILES string of the molecule is CCN(CC)C(CC(=O)O)c1cc(C)sc1C. The Kier molecular flexibility index (Phi) is 5.15. The Labute approximate surface area is 107 Å². The molecule has 0 fully saturated rings. The van der Waals surface area contributed by atoms with Gasteiger partial charge in [0.1, 0.15) is 0 Å². The lowest BCUT2D eigenvalue weighted by Crippen LogP contribution is -2.30. The summed E-state index contributed by atoms with van der Waals surface area (Å²) in [6.07, 6.45) is 0.179. The number of aliphatic carboxylic acids is 1. The van der Waals surface area contributed by atoms with Crippen LogP contribution in [0.4, 0.5) is 0 Å². The molecule has 0 aliphatic rings. The molecule has 0 aromatic carbocycles. The fraction of sp³-hybridized carbons (Fsp3) is 0.615. The first kappa shape index (κ1) is 14.2. The van der Waals surface area contributed by atoms with E-state index in [4.69, 9.17) is 5.11 Å². The highest BCUT2D eigenvalue weighted by Gasteiger charge is 2.23. The second kappa shape index (κ2) is 6.17. The van der Waals surface area contributed by atoms with E-state index in [1.807, 2.05) is 0 Å². The Hall–Kier alpha value is -0.870. The van der Waals surface area contributed by atoms with Gasteiger partial charge in [-0.05, 0) is 38.6 Å². The summed E-state index contributed by atoms with van der Waals surface area (Å²) in [6, 6.07) is 2.14. The molecule has 1 aromatic rings. The van der Waals surface area contributed by atoms with Gasteiger partial charge in [-0.3, -0.25) is 9.69 Å². The molecule has 1 rings (SSSR count). The third kappa shape index (κ3) is 3.54. The minimum absolute atomic E-state index is 0.00690. The number of hydrogen-bond acceptors (Lipinski definition) is 3. The molecule has 1 N–H and O–H groups in total. The van der Waals surface area contributed by atoms with Crippen LogP contribution in [0.3, 0.4) is 0 Å². The summed E-state index contributed by atoms with van der Waals surface area (Å²) in [5.74, 6) is -0.731. The van der Waals surface area contributed by atoms with Gasteiger partial charge in [-0.2, -0.15) is 0 Å². The molecule has 17 heavy (non-hydrogen) atoms. The topological polar surface area (TPSA) is 40.5 Å². The van der Waals surface area contributed by atoms with E-state index in [-0.39, 0.29) is 12.5 Å². The van der Waals surface area contributed by atoms with Crippen molar-refractivity contribution >= 4 is 17.3 Å². The Morgan fingerprint density at radius 3 is 2.35 bits per heavy atom. The molecular weight excluding hydrogens is 234 g/mol. The molecule has 1 atom stereocenters. The van der Waals surface area contributed by atoms with Gasteiger partial charge >= 0.3 is 5.97 Å². The Balaban J connectivity index is 3.04. The van der Waals surface area contributed by atoms with Crippen LogP contribution in [0.5, 0.6) is 0 Å². The summed E-state index contributed by atoms with van der Waals surface area (Å²) in [4.78, 5) is 15.7. The predicted octanol–water partition coefficient (Wildman–Crippen LogP) is 3.22. The van der Waals surface area contributed by atoms with E-state index < -0.39 is 5.97 Å². The van der Waals surface area contributed by atoms with Crippen molar-refractivity contribution in [1.29, 1.82) is 0 Å². The molecule has 4 heteroatoms. The zero-order valence-corrected chi connectivity index (χ0v) is 11.8. The lowest BCUT2D eigenvalue weighted by molar-refractivity contribution is -0.138. The number of carbonyl (C=O) groups is 1. The van der Waals surface area contributed by atoms with Gasteiger partial charge in [0, 0.05) is 15.8 Å². The maximum atomic E-state index is 11.0. The van der Waals surface area contributed by atoms with E-state index in [2.05, 4.69) is 38.7 Å². The number of carboxylic acids is 1. The first-order chi connectivity index (χ1) is 7.99. The van der Waals surface area contributed by atoms with Crippen LogP contribution >= 0.6 is 11.3 Å². The van der Waals surface area contributed by atoms with E-state index in [9.17, 15) is 4.79 Å². The van der Waals surface area contributed by atoms with Crippen LogP contribution in [0.2, 0.25) is 0 Å². The number of nitrogens with zero attached hydrogens (tertiary/aromatic N) is 1. The summed E-state index contributed by atoms with van der Waals surface area (Å²) >= 11 is 1.74. The molecule has 0 amide bonds. The van der Waals surface area contributed by atoms with Gasteiger partial charge in [0.15, 0.2) is 0 Å². The van der Waals surface area contributed by atoms with Gasteiger partial charge in [-0.25, -0.2) is 0 Å². The number of hydrogen-bond donors (Lipinski definition) is 1. The molecular formula is C13H21NO2S. The first-order valence-corrected chi connectivity index (χ1v) is 6.84. The van der Waals surface area contributed by atoms with Crippen molar-refractivity contribution in [2.45, 2.75) is 40.2 Å². The lowest BCUT2D eigenvalue weighted by Gasteiger charge is -2.28. The highest BCUT2D eigenvalue weighted by Crippen LogP contribution is 2.32. The molecule has 0 bridgehead atoms. The largest absolute Gasteiger partial charge is 0.481 e. The minimum Gasteiger partial charge on any atom is -0.481 e. The second-order valence-electron chi connectivity index (χ2n) is 4.20. The van der Waals surface area contributed by atoms with E-state index in [0.717, 1.165) is 13.1 Å². The smallest absolute Gasteiger partial charge is 0.305 e. The van der Waals surface area contributed by atoms with E-state index in [1.165, 1.54) is 15.3 Å². The summed E-state index contributed by atoms with van der Waals surface area (Å²) in [5.41, 5.74) is 1.18. The molecule has 96 valence electrons. The molecule has 0 saturated heterocycles. The highest BCUT2D eigenvalue weighted by atomic mass is 32.1. The van der Waals surface area contributed by atoms with Crippen LogP contribution in [0.15, 0.2) is 6.07 Å². The molecule has 1 aromatic heterocycles. The summed E-state index contributed by atoms with van der Waals surface area (Å²) < 4.78 is 0. The fourth-order valence-electron chi connectivity index (χ4n) is 2.25. The van der Waals surface area contributed by atoms with Crippen molar-refractivity contribution in [3.05, 3.63) is 21.4 Å². The van der Waals surface area contributed by atoms with Crippen molar-refractivity contribution in [3.63, 3.8) is 0 Å². The van der Waals surface area contributed by atoms with Crippen LogP contribution in [0.1, 0.15) is 41.6 Å². The third-order valence-electron chi connectivity index (χ3n) is 3.06. The van der Waals surface area contributed by atoms with Gasteiger partial charge in [-0.1, -0.05) is 13.8 Å². The third-order valence-corrected chi connectivity index (χ3v) is 4.04. The normalized spacial score (nSPS) is 13.0. The quantitative estimate of drug-likeness (QED) is 0.848. The van der Waals surface area contributed by atoms with E-state index in [0.29, 0.717) is 0 Å². The molecule has 0 spiro atoms. The summed E-state index contributed by atoms with van der Waals surface area (Å²) in [6.45, 7) is 10.1. The Morgan fingerprint density at radius 2 is 2.00 bits per heavy atom. The fourth-order valence-corrected chi connectivity index (χ4v) is 3.23. The monoisotopic (exact) mass is 255 g/mol. The van der Waals surface area contributed by atoms with Crippen LogP contribution < -0.4 is 0 Å². The molecule has 0 aliphatic carbocycles. The predicted molar refractivity (Wildman–Crippen MR) is 71.7 cm³/mol. The second-order valence-corrected chi connectivity index (χ2v) is 5.66. The Bertz CT molecular complexity index is 383. The molecule has 0 saturated carbocycles. The minimum atomic E-state index is -0.731. The van der Waals surface area contributed by atoms with Crippen LogP contribution in [-0.4, -0.2) is 29.1 Å². The molecule has 1 heterocycles. The van der Waals surface area contributed by atoms with Gasteiger partial charge in [0.05, 0.1) is 6.42 Å². The van der Waals surface area contributed by atoms with Crippen LogP contribution in [0.25, 0.3) is 0 Å². The van der Waals surface area contributed by atoms with Crippen LogP contribution in [0, 0.1) is 13.8 Å². The first-order valence-electron chi connectivity index (χ1n) is 6.02. The van der Waals surface area contributed by atoms with Gasteiger partial charge in [0.2, 0.25) is 0 Å². The van der Waals surface area contributed by atoms with E-state index >= 15 is 0 Å². The van der Waals surface area contributed by atoms with Crippen LogP contribution in [-0.2, 0) is 4.79 Å². The van der Waals surface area contributed by atoms with Gasteiger partial charge < -0.3 is 5.11 Å². The van der Waals surface area contributed by atoms with Gasteiger partial charge in [-0.15, -0.1) is 11.3 Å². The highest BCUT2D eigenvalue weighted by molar-refractivity contribution is 7.12. The molecule has 0 aliphatic heterocycles. The molecule has 1 unspecified atom stereocenters. The zero-order valence-electron chi connectivity index (χ0n) is 11.0. The summed E-state index contributed by atoms with van der Waals surface area (Å²) in [7, 11) is 0. The zero-order chi connectivity index (χ0) is 13.0. The molecule has 0 radical (unpaired) electrons. The standard InChI is InChI=1S/C13H21NO2S/c1-5-14(6-2)12(8-13(15)16)11-7-9(3)17-10(11)4/h7,12H,5-6,8H2,1-4H3,(H,15,16). The van der Waals surface area contributed by atoms with Gasteiger partial charge in [0.25, 0.3) is 0 Å². The lowest BCUT2D eigenvalue weighted by atomic mass is 10.0. The van der Waals surface area contributed by atoms with Crippen molar-refractivity contribution < 1.29 is 9.90 Å². The number of aryl methyl sites for hydroxylation is 2. The summed E-state index contributed by atoms with van der Waals surface area (Å²) in [5, 5.41) is 9.06. The van der Waals surface area contributed by atoms with Crippen molar-refractivity contribution in [2.75, 3.05) is 13.1 Å². The van der Waals surface area contributed by atoms with Crippen molar-refractivity contribution in [1.82, 2.24) is 4.90 Å². The number of carboxylic acid groups (broad SMARTS) is 1. The number of rotatable bonds is 6. The van der Waals surface area contributed by atoms with Crippen molar-refractivity contribution in [3.8, 4) is 0 Å². The Morgan fingerprint density at radius 1 is 1.41 bits per heavy atom. The maximum Gasteiger partial charge on any atom is 0.305 e. The maximum absolute atomic E-state index is 11.0. The average Bonchev–Trinajstić information content (AvgIpc) is 2.57. The number of thiophene rings is 1.